The largest absolute Gasteiger partial charge is 0.505 e. The molecule has 0 saturated heterocycles. The predicted octanol–water partition coefficient (Wildman–Crippen LogP) is 5.90. The molecular weight excluding hydrogens is 612 g/mol. The smallest absolute Gasteiger partial charge is 0.338 e. The van der Waals surface area contributed by atoms with Crippen molar-refractivity contribution in [3.63, 3.8) is 0 Å². The average molecular weight is 641 g/mol. The maximum atomic E-state index is 12.9. The summed E-state index contributed by atoms with van der Waals surface area (Å²) in [6.07, 6.45) is 0. The van der Waals surface area contributed by atoms with Crippen LogP contribution in [0.4, 0.5) is 0 Å². The van der Waals surface area contributed by atoms with E-state index in [1.54, 1.807) is 24.3 Å². The molecule has 48 heavy (non-hydrogen) atoms. The van der Waals surface area contributed by atoms with Gasteiger partial charge in [0.2, 0.25) is 0 Å². The quantitative estimate of drug-likeness (QED) is 0.192. The van der Waals surface area contributed by atoms with Crippen molar-refractivity contribution in [2.45, 2.75) is 27.1 Å². The van der Waals surface area contributed by atoms with Gasteiger partial charge in [-0.3, -0.25) is 0 Å². The van der Waals surface area contributed by atoms with Gasteiger partial charge >= 0.3 is 11.9 Å². The molecule has 0 amide bonds. The van der Waals surface area contributed by atoms with Crippen LogP contribution in [0.2, 0.25) is 0 Å². The molecule has 2 N–H and O–H groups in total. The maximum Gasteiger partial charge on any atom is 0.338 e. The summed E-state index contributed by atoms with van der Waals surface area (Å²) in [5.41, 5.74) is 6.27. The Hall–Kier alpha value is -6.56. The zero-order valence-electron chi connectivity index (χ0n) is 25.9. The lowest BCUT2D eigenvalue weighted by Gasteiger charge is -2.12. The predicted molar refractivity (Wildman–Crippen MR) is 175 cm³/mol. The number of fused-ring (bicyclic) bond motifs is 2. The Morgan fingerprint density at radius 3 is 1.23 bits per heavy atom. The van der Waals surface area contributed by atoms with E-state index in [1.165, 1.54) is 33.9 Å². The fourth-order valence-electron chi connectivity index (χ4n) is 5.32. The molecule has 0 atom stereocenters. The molecule has 0 aliphatic carbocycles. The molecule has 7 rings (SSSR count). The number of hydrogen-bond donors (Lipinski definition) is 2. The number of benzene rings is 5. The number of carbonyl (C=O) groups excluding carboxylic acids is 2. The fraction of sp³-hybridized carbons (Fsp3) is 0.111. The average Bonchev–Trinajstić information content (AvgIpc) is 3.73. The summed E-state index contributed by atoms with van der Waals surface area (Å²) in [7, 11) is 0. The second kappa shape index (κ2) is 12.3. The van der Waals surface area contributed by atoms with Gasteiger partial charge in [-0.2, -0.15) is 0 Å². The summed E-state index contributed by atoms with van der Waals surface area (Å²) in [6.45, 7) is 3.31. The molecule has 7 aromatic rings. The van der Waals surface area contributed by atoms with Crippen LogP contribution in [0.5, 0.6) is 11.5 Å². The number of rotatable bonds is 8. The molecule has 0 aliphatic rings. The highest BCUT2D eigenvalue weighted by Crippen LogP contribution is 2.30. The minimum absolute atomic E-state index is 0.104. The highest BCUT2D eigenvalue weighted by atomic mass is 16.5. The third-order valence-electron chi connectivity index (χ3n) is 7.70. The Morgan fingerprint density at radius 1 is 0.562 bits per heavy atom. The third kappa shape index (κ3) is 5.89. The SMILES string of the molecule is Cc1cc(COC(=O)c2ccc(C(=O)OCc3cc(C)cc(-n4nc5ccccc5n4)c3O)cc2)c(O)c(-n2nc3ccccc3n2)c1. The standard InChI is InChI=1S/C36H28N6O6/c1-21-15-25(33(43)31(17-21)41-37-27-7-3-4-8-28(27)38-41)19-47-35(45)23-11-13-24(14-12-23)36(46)48-20-26-16-22(2)18-32(34(26)44)42-39-29-9-5-6-10-30(29)40-42/h3-18,43-44H,19-20H2,1-2H3. The molecule has 2 aromatic heterocycles. The normalized spacial score (nSPS) is 11.2. The molecule has 238 valence electrons. The number of aromatic hydroxyl groups is 2. The maximum absolute atomic E-state index is 12.9. The van der Waals surface area contributed by atoms with Crippen LogP contribution < -0.4 is 0 Å². The van der Waals surface area contributed by atoms with E-state index in [0.29, 0.717) is 44.6 Å². The van der Waals surface area contributed by atoms with Crippen LogP contribution in [-0.2, 0) is 22.7 Å². The van der Waals surface area contributed by atoms with E-state index in [1.807, 2.05) is 62.4 Å². The van der Waals surface area contributed by atoms with Gasteiger partial charge in [-0.15, -0.1) is 30.0 Å². The van der Waals surface area contributed by atoms with E-state index in [-0.39, 0.29) is 35.8 Å². The lowest BCUT2D eigenvalue weighted by molar-refractivity contribution is 0.0456. The molecule has 12 heteroatoms. The van der Waals surface area contributed by atoms with Gasteiger partial charge in [0.05, 0.1) is 11.1 Å². The van der Waals surface area contributed by atoms with E-state index in [2.05, 4.69) is 20.4 Å². The van der Waals surface area contributed by atoms with Crippen LogP contribution >= 0.6 is 0 Å². The molecule has 0 radical (unpaired) electrons. The molecule has 0 bridgehead atoms. The van der Waals surface area contributed by atoms with Gasteiger partial charge in [0.1, 0.15) is 58.2 Å². The van der Waals surface area contributed by atoms with Crippen LogP contribution in [0, 0.1) is 13.8 Å². The van der Waals surface area contributed by atoms with Crippen molar-refractivity contribution in [1.29, 1.82) is 0 Å². The van der Waals surface area contributed by atoms with Crippen LogP contribution in [-0.4, -0.2) is 52.1 Å². The zero-order valence-corrected chi connectivity index (χ0v) is 25.9. The van der Waals surface area contributed by atoms with Gasteiger partial charge < -0.3 is 19.7 Å². The second-order valence-electron chi connectivity index (χ2n) is 11.3. The summed E-state index contributed by atoms with van der Waals surface area (Å²) < 4.78 is 11.0. The number of ether oxygens (including phenoxy) is 2. The van der Waals surface area contributed by atoms with Crippen LogP contribution in [0.15, 0.2) is 97.1 Å². The monoisotopic (exact) mass is 640 g/mol. The number of aryl methyl sites for hydroxylation is 2. The van der Waals surface area contributed by atoms with Crippen molar-refractivity contribution in [2.24, 2.45) is 0 Å². The molecule has 0 aliphatic heterocycles. The van der Waals surface area contributed by atoms with Crippen molar-refractivity contribution < 1.29 is 29.3 Å². The van der Waals surface area contributed by atoms with Gasteiger partial charge in [-0.25, -0.2) is 9.59 Å². The number of phenols is 2. The fourth-order valence-corrected chi connectivity index (χ4v) is 5.32. The van der Waals surface area contributed by atoms with E-state index < -0.39 is 11.9 Å². The number of hydrogen-bond acceptors (Lipinski definition) is 10. The van der Waals surface area contributed by atoms with Crippen LogP contribution in [0.25, 0.3) is 33.4 Å². The molecule has 0 saturated carbocycles. The number of carbonyl (C=O) groups is 2. The molecule has 0 fully saturated rings. The Morgan fingerprint density at radius 2 is 0.896 bits per heavy atom. The van der Waals surface area contributed by atoms with Crippen molar-refractivity contribution in [1.82, 2.24) is 30.0 Å². The Kier molecular flexibility index (Phi) is 7.73. The molecule has 2 heterocycles. The van der Waals surface area contributed by atoms with Crippen molar-refractivity contribution in [2.75, 3.05) is 0 Å². The van der Waals surface area contributed by atoms with Gasteiger partial charge in [0.15, 0.2) is 0 Å². The first-order chi connectivity index (χ1) is 23.2. The van der Waals surface area contributed by atoms with E-state index >= 15 is 0 Å². The number of nitrogens with zero attached hydrogens (tertiary/aromatic N) is 6. The summed E-state index contributed by atoms with van der Waals surface area (Å²) >= 11 is 0. The Balaban J connectivity index is 1.00. The van der Waals surface area contributed by atoms with Crippen LogP contribution in [0.3, 0.4) is 0 Å². The summed E-state index contributed by atoms with van der Waals surface area (Å²) in [5, 5.41) is 39.7. The lowest BCUT2D eigenvalue weighted by Crippen LogP contribution is -2.09. The zero-order chi connectivity index (χ0) is 33.4. The number of esters is 2. The van der Waals surface area contributed by atoms with Crippen molar-refractivity contribution in [3.05, 3.63) is 130 Å². The highest BCUT2D eigenvalue weighted by molar-refractivity contribution is 5.93. The number of aromatic nitrogens is 6. The number of phenolic OH excluding ortho intramolecular Hbond substituents is 2. The molecular formula is C36H28N6O6. The second-order valence-corrected chi connectivity index (χ2v) is 11.3. The molecule has 5 aromatic carbocycles. The van der Waals surface area contributed by atoms with Gasteiger partial charge in [0, 0.05) is 11.1 Å². The van der Waals surface area contributed by atoms with Crippen molar-refractivity contribution in [3.8, 4) is 22.9 Å². The van der Waals surface area contributed by atoms with Crippen LogP contribution in [0.1, 0.15) is 43.0 Å². The minimum atomic E-state index is -0.641. The van der Waals surface area contributed by atoms with E-state index in [4.69, 9.17) is 9.47 Å². The first-order valence-corrected chi connectivity index (χ1v) is 15.0. The summed E-state index contributed by atoms with van der Waals surface area (Å²) in [4.78, 5) is 28.4. The van der Waals surface area contributed by atoms with Gasteiger partial charge in [-0.05, 0) is 97.8 Å². The van der Waals surface area contributed by atoms with Gasteiger partial charge in [0.25, 0.3) is 0 Å². The third-order valence-corrected chi connectivity index (χ3v) is 7.70. The first kappa shape index (κ1) is 30.1. The topological polar surface area (TPSA) is 154 Å². The molecule has 12 nitrogen and oxygen atoms in total. The van der Waals surface area contributed by atoms with Gasteiger partial charge in [-0.1, -0.05) is 24.3 Å². The Labute approximate surface area is 273 Å². The molecule has 0 unspecified atom stereocenters. The van der Waals surface area contributed by atoms with E-state index in [9.17, 15) is 19.8 Å². The Bertz CT molecular complexity index is 2110. The van der Waals surface area contributed by atoms with E-state index in [0.717, 1.165) is 11.1 Å². The summed E-state index contributed by atoms with van der Waals surface area (Å²) in [5.74, 6) is -1.49. The first-order valence-electron chi connectivity index (χ1n) is 15.0. The minimum Gasteiger partial charge on any atom is -0.505 e. The summed E-state index contributed by atoms with van der Waals surface area (Å²) in [6, 6.07) is 27.5. The van der Waals surface area contributed by atoms with Crippen molar-refractivity contribution >= 4 is 34.0 Å². The lowest BCUT2D eigenvalue weighted by atomic mass is 10.1. The highest BCUT2D eigenvalue weighted by Gasteiger charge is 2.18. The molecule has 0 spiro atoms.